The molecule has 1 aromatic rings. The molecule has 1 atom stereocenters. The Labute approximate surface area is 129 Å². The molecule has 1 rings (SSSR count). The number of carbonyl (C=O) groups is 2. The number of carbonyl (C=O) groups excluding carboxylic acids is 2. The summed E-state index contributed by atoms with van der Waals surface area (Å²) in [6.07, 6.45) is 1.64. The maximum atomic E-state index is 13.5. The first kappa shape index (κ1) is 17.7. The van der Waals surface area contributed by atoms with Crippen LogP contribution in [0.15, 0.2) is 24.3 Å². The third-order valence-corrected chi connectivity index (χ3v) is 2.68. The van der Waals surface area contributed by atoms with E-state index in [-0.39, 0.29) is 17.7 Å². The molecule has 0 unspecified atom stereocenters. The van der Waals surface area contributed by atoms with Gasteiger partial charge in [-0.15, -0.1) is 0 Å². The van der Waals surface area contributed by atoms with Crippen LogP contribution < -0.4 is 10.1 Å². The second-order valence-electron chi connectivity index (χ2n) is 4.97. The van der Waals surface area contributed by atoms with Crippen LogP contribution in [0.3, 0.4) is 0 Å². The van der Waals surface area contributed by atoms with Gasteiger partial charge in [-0.05, 0) is 44.5 Å². The van der Waals surface area contributed by atoms with E-state index in [2.05, 4.69) is 5.32 Å². The van der Waals surface area contributed by atoms with Crippen LogP contribution in [0.2, 0.25) is 0 Å². The molecule has 5 nitrogen and oxygen atoms in total. The van der Waals surface area contributed by atoms with Crippen molar-refractivity contribution in [2.45, 2.75) is 32.9 Å². The molecule has 22 heavy (non-hydrogen) atoms. The third-order valence-electron chi connectivity index (χ3n) is 2.68. The van der Waals surface area contributed by atoms with Crippen molar-refractivity contribution in [2.24, 2.45) is 0 Å². The smallest absolute Gasteiger partial charge is 0.331 e. The highest BCUT2D eigenvalue weighted by atomic mass is 19.1. The van der Waals surface area contributed by atoms with Crippen LogP contribution >= 0.6 is 0 Å². The molecule has 1 N–H and O–H groups in total. The Morgan fingerprint density at radius 2 is 1.95 bits per heavy atom. The Kier molecular flexibility index (Phi) is 6.56. The predicted molar refractivity (Wildman–Crippen MR) is 80.8 cm³/mol. The van der Waals surface area contributed by atoms with Crippen LogP contribution in [0.1, 0.15) is 26.3 Å². The summed E-state index contributed by atoms with van der Waals surface area (Å²) in [5.74, 6) is -1.45. The van der Waals surface area contributed by atoms with Gasteiger partial charge in [0.25, 0.3) is 5.91 Å². The van der Waals surface area contributed by atoms with Gasteiger partial charge in [-0.3, -0.25) is 4.79 Å². The minimum absolute atomic E-state index is 0.0357. The van der Waals surface area contributed by atoms with Crippen LogP contribution in [-0.4, -0.2) is 31.1 Å². The molecule has 1 amide bonds. The Balaban J connectivity index is 2.61. The van der Waals surface area contributed by atoms with Crippen molar-refractivity contribution < 1.29 is 23.5 Å². The molecule has 0 fully saturated rings. The van der Waals surface area contributed by atoms with Crippen molar-refractivity contribution in [1.29, 1.82) is 0 Å². The monoisotopic (exact) mass is 309 g/mol. The van der Waals surface area contributed by atoms with Crippen molar-refractivity contribution in [3.63, 3.8) is 0 Å². The zero-order chi connectivity index (χ0) is 16.7. The molecule has 120 valence electrons. The Morgan fingerprint density at radius 1 is 1.27 bits per heavy atom. The molecule has 0 aromatic heterocycles. The van der Waals surface area contributed by atoms with E-state index in [1.165, 1.54) is 32.2 Å². The fourth-order valence-corrected chi connectivity index (χ4v) is 1.62. The number of esters is 1. The average Bonchev–Trinajstić information content (AvgIpc) is 2.44. The van der Waals surface area contributed by atoms with Crippen molar-refractivity contribution in [2.75, 3.05) is 7.11 Å². The normalized spacial score (nSPS) is 12.3. The fourth-order valence-electron chi connectivity index (χ4n) is 1.62. The zero-order valence-electron chi connectivity index (χ0n) is 13.1. The third kappa shape index (κ3) is 5.55. The lowest BCUT2D eigenvalue weighted by Crippen LogP contribution is -2.39. The van der Waals surface area contributed by atoms with Gasteiger partial charge in [0.05, 0.1) is 7.11 Å². The van der Waals surface area contributed by atoms with Gasteiger partial charge >= 0.3 is 5.97 Å². The maximum absolute atomic E-state index is 13.5. The summed E-state index contributed by atoms with van der Waals surface area (Å²) in [6, 6.07) is 4.25. The molecule has 6 heteroatoms. The second kappa shape index (κ2) is 8.17. The molecular weight excluding hydrogens is 289 g/mol. The van der Waals surface area contributed by atoms with E-state index < -0.39 is 17.9 Å². The van der Waals surface area contributed by atoms with E-state index in [1.807, 2.05) is 13.8 Å². The molecule has 0 aliphatic heterocycles. The molecule has 0 radical (unpaired) electrons. The highest BCUT2D eigenvalue weighted by molar-refractivity contribution is 5.90. The number of ether oxygens (including phenoxy) is 2. The molecule has 0 bridgehead atoms. The van der Waals surface area contributed by atoms with Gasteiger partial charge < -0.3 is 14.8 Å². The highest BCUT2D eigenvalue weighted by Gasteiger charge is 2.16. The number of hydrogen-bond donors (Lipinski definition) is 1. The summed E-state index contributed by atoms with van der Waals surface area (Å²) in [7, 11) is 1.37. The number of hydrogen-bond acceptors (Lipinski definition) is 4. The number of benzene rings is 1. The summed E-state index contributed by atoms with van der Waals surface area (Å²) in [5, 5.41) is 2.64. The topological polar surface area (TPSA) is 64.6 Å². The van der Waals surface area contributed by atoms with E-state index in [0.717, 1.165) is 6.08 Å². The molecule has 0 saturated heterocycles. The SMILES string of the molecule is COc1ccc(/C=C/C(=O)O[C@@H](C)C(=O)NC(C)C)cc1F. The number of amides is 1. The first-order chi connectivity index (χ1) is 10.3. The van der Waals surface area contributed by atoms with Gasteiger partial charge in [0.2, 0.25) is 0 Å². The Hall–Kier alpha value is -2.37. The average molecular weight is 309 g/mol. The quantitative estimate of drug-likeness (QED) is 0.647. The summed E-state index contributed by atoms with van der Waals surface area (Å²) in [4.78, 5) is 23.2. The van der Waals surface area contributed by atoms with Crippen LogP contribution in [0, 0.1) is 5.82 Å². The summed E-state index contributed by atoms with van der Waals surface area (Å²) in [6.45, 7) is 5.10. The van der Waals surface area contributed by atoms with Crippen molar-refractivity contribution in [3.05, 3.63) is 35.7 Å². The number of nitrogens with one attached hydrogen (secondary N) is 1. The largest absolute Gasteiger partial charge is 0.494 e. The van der Waals surface area contributed by atoms with Gasteiger partial charge in [-0.1, -0.05) is 6.07 Å². The first-order valence-corrected chi connectivity index (χ1v) is 6.86. The molecule has 0 aliphatic carbocycles. The van der Waals surface area contributed by atoms with Crippen LogP contribution in [0.5, 0.6) is 5.75 Å². The number of halogens is 1. The predicted octanol–water partition coefficient (Wildman–Crippen LogP) is 2.30. The van der Waals surface area contributed by atoms with Crippen molar-refractivity contribution in [3.8, 4) is 5.75 Å². The van der Waals surface area contributed by atoms with Gasteiger partial charge in [0.1, 0.15) is 0 Å². The summed E-state index contributed by atoms with van der Waals surface area (Å²) >= 11 is 0. The van der Waals surface area contributed by atoms with E-state index in [0.29, 0.717) is 5.56 Å². The summed E-state index contributed by atoms with van der Waals surface area (Å²) in [5.41, 5.74) is 0.481. The second-order valence-corrected chi connectivity index (χ2v) is 4.97. The van der Waals surface area contributed by atoms with Crippen LogP contribution in [0.4, 0.5) is 4.39 Å². The van der Waals surface area contributed by atoms with E-state index in [9.17, 15) is 14.0 Å². The van der Waals surface area contributed by atoms with E-state index >= 15 is 0 Å². The van der Waals surface area contributed by atoms with Gasteiger partial charge in [0, 0.05) is 12.1 Å². The minimum atomic E-state index is -0.896. The Morgan fingerprint density at radius 3 is 2.50 bits per heavy atom. The lowest BCUT2D eigenvalue weighted by molar-refractivity contribution is -0.150. The lowest BCUT2D eigenvalue weighted by atomic mass is 10.2. The number of rotatable bonds is 6. The molecule has 0 saturated carbocycles. The van der Waals surface area contributed by atoms with E-state index in [1.54, 1.807) is 6.07 Å². The molecule has 1 aromatic carbocycles. The molecular formula is C16H20FNO4. The lowest BCUT2D eigenvalue weighted by Gasteiger charge is -2.14. The van der Waals surface area contributed by atoms with Crippen LogP contribution in [-0.2, 0) is 14.3 Å². The van der Waals surface area contributed by atoms with Crippen LogP contribution in [0.25, 0.3) is 6.08 Å². The molecule has 0 spiro atoms. The first-order valence-electron chi connectivity index (χ1n) is 6.86. The van der Waals surface area contributed by atoms with E-state index in [4.69, 9.17) is 9.47 Å². The van der Waals surface area contributed by atoms with Gasteiger partial charge in [0.15, 0.2) is 17.7 Å². The maximum Gasteiger partial charge on any atom is 0.331 e. The molecule has 0 heterocycles. The highest BCUT2D eigenvalue weighted by Crippen LogP contribution is 2.18. The van der Waals surface area contributed by atoms with Crippen molar-refractivity contribution >= 4 is 18.0 Å². The summed E-state index contributed by atoms with van der Waals surface area (Å²) < 4.78 is 23.2. The minimum Gasteiger partial charge on any atom is -0.494 e. The Bertz CT molecular complexity index is 569. The fraction of sp³-hybridized carbons (Fsp3) is 0.375. The molecule has 0 aliphatic rings. The standard InChI is InChI=1S/C16H20FNO4/c1-10(2)18-16(20)11(3)22-15(19)8-6-12-5-7-14(21-4)13(17)9-12/h5-11H,1-4H3,(H,18,20)/b8-6+/t11-/m0/s1. The number of methoxy groups -OCH3 is 1. The van der Waals surface area contributed by atoms with Gasteiger partial charge in [-0.2, -0.15) is 0 Å². The van der Waals surface area contributed by atoms with Crippen molar-refractivity contribution in [1.82, 2.24) is 5.32 Å². The van der Waals surface area contributed by atoms with Gasteiger partial charge in [-0.25, -0.2) is 9.18 Å². The zero-order valence-corrected chi connectivity index (χ0v) is 13.1.